The highest BCUT2D eigenvalue weighted by molar-refractivity contribution is 5.61. The van der Waals surface area contributed by atoms with Gasteiger partial charge >= 0.3 is 0 Å². The SMILES string of the molecule is COCCCOc1ccc(C2[C@@H](OCc3ccc4c(c3)N(CCCOC)CCO4)CNC[C@H]2OC[C@@H](C)O)cc1. The summed E-state index contributed by atoms with van der Waals surface area (Å²) in [6, 6.07) is 14.5. The molecule has 2 aromatic carbocycles. The summed E-state index contributed by atoms with van der Waals surface area (Å²) in [5.74, 6) is 1.76. The average Bonchev–Trinajstić information content (AvgIpc) is 2.98. The minimum atomic E-state index is -0.533. The second-order valence-electron chi connectivity index (χ2n) is 10.5. The number of hydrogen-bond donors (Lipinski definition) is 2. The number of aliphatic hydroxyl groups is 1. The van der Waals surface area contributed by atoms with Crippen LogP contribution in [0, 0.1) is 0 Å². The number of nitrogens with zero attached hydrogens (tertiary/aromatic N) is 1. The van der Waals surface area contributed by atoms with Crippen LogP contribution in [0.5, 0.6) is 11.5 Å². The van der Waals surface area contributed by atoms with Crippen LogP contribution in [0.1, 0.15) is 36.8 Å². The van der Waals surface area contributed by atoms with Gasteiger partial charge in [-0.3, -0.25) is 0 Å². The van der Waals surface area contributed by atoms with Crippen LogP contribution in [0.15, 0.2) is 42.5 Å². The summed E-state index contributed by atoms with van der Waals surface area (Å²) in [7, 11) is 3.43. The average molecular weight is 559 g/mol. The summed E-state index contributed by atoms with van der Waals surface area (Å²) in [5.41, 5.74) is 3.35. The highest BCUT2D eigenvalue weighted by atomic mass is 16.5. The first kappa shape index (κ1) is 30.6. The minimum absolute atomic E-state index is 0.00837. The van der Waals surface area contributed by atoms with Gasteiger partial charge in [0.1, 0.15) is 18.1 Å². The summed E-state index contributed by atoms with van der Waals surface area (Å²) in [4.78, 5) is 2.37. The molecule has 4 atom stereocenters. The maximum absolute atomic E-state index is 9.88. The van der Waals surface area contributed by atoms with Gasteiger partial charge < -0.3 is 43.7 Å². The molecule has 0 spiro atoms. The molecule has 9 nitrogen and oxygen atoms in total. The molecule has 0 aromatic heterocycles. The summed E-state index contributed by atoms with van der Waals surface area (Å²) in [5, 5.41) is 13.4. The lowest BCUT2D eigenvalue weighted by Gasteiger charge is -2.39. The number of anilines is 1. The molecule has 40 heavy (non-hydrogen) atoms. The molecule has 2 aliphatic rings. The number of aliphatic hydroxyl groups excluding tert-OH is 1. The zero-order valence-electron chi connectivity index (χ0n) is 24.2. The van der Waals surface area contributed by atoms with Gasteiger partial charge in [-0.25, -0.2) is 0 Å². The number of methoxy groups -OCH3 is 2. The predicted octanol–water partition coefficient (Wildman–Crippen LogP) is 3.38. The number of hydrogen-bond acceptors (Lipinski definition) is 9. The molecule has 0 bridgehead atoms. The van der Waals surface area contributed by atoms with Gasteiger partial charge in [-0.15, -0.1) is 0 Å². The maximum atomic E-state index is 9.88. The van der Waals surface area contributed by atoms with Crippen molar-refractivity contribution in [3.8, 4) is 11.5 Å². The molecular formula is C31H46N2O7. The predicted molar refractivity (Wildman–Crippen MR) is 155 cm³/mol. The second kappa shape index (κ2) is 16.1. The smallest absolute Gasteiger partial charge is 0.142 e. The molecule has 0 radical (unpaired) electrons. The third-order valence-electron chi connectivity index (χ3n) is 7.29. The van der Waals surface area contributed by atoms with E-state index in [-0.39, 0.29) is 24.7 Å². The lowest BCUT2D eigenvalue weighted by Crippen LogP contribution is -2.51. The van der Waals surface area contributed by atoms with Gasteiger partial charge in [0.15, 0.2) is 0 Å². The fraction of sp³-hybridized carbons (Fsp3) is 0.613. The highest BCUT2D eigenvalue weighted by Gasteiger charge is 2.36. The zero-order chi connectivity index (χ0) is 28.2. The lowest BCUT2D eigenvalue weighted by molar-refractivity contribution is -0.0752. The summed E-state index contributed by atoms with van der Waals surface area (Å²) in [6.45, 7) is 8.42. The van der Waals surface area contributed by atoms with Crippen molar-refractivity contribution in [3.63, 3.8) is 0 Å². The highest BCUT2D eigenvalue weighted by Crippen LogP contribution is 2.35. The van der Waals surface area contributed by atoms with Gasteiger partial charge in [-0.1, -0.05) is 18.2 Å². The molecule has 222 valence electrons. The van der Waals surface area contributed by atoms with E-state index >= 15 is 0 Å². The molecule has 1 fully saturated rings. The lowest BCUT2D eigenvalue weighted by atomic mass is 9.85. The molecule has 0 amide bonds. The monoisotopic (exact) mass is 558 g/mol. The fourth-order valence-corrected chi connectivity index (χ4v) is 5.30. The normalized spacial score (nSPS) is 21.5. The van der Waals surface area contributed by atoms with Crippen LogP contribution in [-0.4, -0.2) is 96.9 Å². The standard InChI is InChI=1S/C31H46N2O7/c1-23(34)21-39-29-19-32-20-30(31(29)25-7-9-26(10-8-25)37-16-5-15-36-3)40-22-24-6-11-28-27(18-24)33(13-17-38-28)12-4-14-35-2/h6-11,18,23,29-32,34H,4-5,12-17,19-22H2,1-3H3/t23-,29-,30+,31?/m1/s1. The minimum Gasteiger partial charge on any atom is -0.494 e. The Morgan fingerprint density at radius 1 is 0.975 bits per heavy atom. The van der Waals surface area contributed by atoms with E-state index in [2.05, 4.69) is 34.5 Å². The van der Waals surface area contributed by atoms with E-state index < -0.39 is 6.10 Å². The van der Waals surface area contributed by atoms with E-state index in [0.717, 1.165) is 60.9 Å². The van der Waals surface area contributed by atoms with Gasteiger partial charge in [0.25, 0.3) is 0 Å². The zero-order valence-corrected chi connectivity index (χ0v) is 24.2. The van der Waals surface area contributed by atoms with Crippen LogP contribution < -0.4 is 19.7 Å². The number of piperidine rings is 1. The molecule has 0 saturated carbocycles. The molecule has 2 N–H and O–H groups in total. The van der Waals surface area contributed by atoms with E-state index in [1.54, 1.807) is 21.1 Å². The first-order valence-corrected chi connectivity index (χ1v) is 14.4. The molecule has 2 aromatic rings. The number of fused-ring (bicyclic) bond motifs is 1. The van der Waals surface area contributed by atoms with Crippen LogP contribution >= 0.6 is 0 Å². The molecule has 2 heterocycles. The Bertz CT molecular complexity index is 1000. The Labute approximate surface area is 238 Å². The van der Waals surface area contributed by atoms with Crippen molar-refractivity contribution < 1.29 is 33.5 Å². The Morgan fingerprint density at radius 2 is 1.73 bits per heavy atom. The molecule has 9 heteroatoms. The van der Waals surface area contributed by atoms with E-state index in [0.29, 0.717) is 39.5 Å². The summed E-state index contributed by atoms with van der Waals surface area (Å²) < 4.78 is 34.9. The molecule has 1 unspecified atom stereocenters. The van der Waals surface area contributed by atoms with Gasteiger partial charge in [-0.05, 0) is 48.7 Å². The van der Waals surface area contributed by atoms with E-state index in [4.69, 9.17) is 28.4 Å². The van der Waals surface area contributed by atoms with Crippen LogP contribution in [0.3, 0.4) is 0 Å². The van der Waals surface area contributed by atoms with Gasteiger partial charge in [-0.2, -0.15) is 0 Å². The Hall–Kier alpha value is -2.40. The van der Waals surface area contributed by atoms with Gasteiger partial charge in [0.2, 0.25) is 0 Å². The van der Waals surface area contributed by atoms with Crippen molar-refractivity contribution in [1.29, 1.82) is 0 Å². The molecule has 0 aliphatic carbocycles. The van der Waals surface area contributed by atoms with Crippen LogP contribution in [0.25, 0.3) is 0 Å². The number of ether oxygens (including phenoxy) is 6. The second-order valence-corrected chi connectivity index (χ2v) is 10.5. The van der Waals surface area contributed by atoms with Crippen molar-refractivity contribution in [2.45, 2.75) is 50.6 Å². The van der Waals surface area contributed by atoms with Gasteiger partial charge in [0, 0.05) is 59.4 Å². The van der Waals surface area contributed by atoms with Crippen molar-refractivity contribution in [2.75, 3.05) is 78.3 Å². The largest absolute Gasteiger partial charge is 0.494 e. The third-order valence-corrected chi connectivity index (χ3v) is 7.29. The van der Waals surface area contributed by atoms with Crippen molar-refractivity contribution >= 4 is 5.69 Å². The van der Waals surface area contributed by atoms with E-state index in [9.17, 15) is 5.11 Å². The summed E-state index contributed by atoms with van der Waals surface area (Å²) >= 11 is 0. The maximum Gasteiger partial charge on any atom is 0.142 e. The number of nitrogens with one attached hydrogen (secondary N) is 1. The van der Waals surface area contributed by atoms with Crippen LogP contribution in [-0.2, 0) is 25.6 Å². The van der Waals surface area contributed by atoms with E-state index in [1.807, 2.05) is 18.2 Å². The fourth-order valence-electron chi connectivity index (χ4n) is 5.30. The number of benzene rings is 2. The Morgan fingerprint density at radius 3 is 2.48 bits per heavy atom. The molecule has 1 saturated heterocycles. The quantitative estimate of drug-likeness (QED) is 0.301. The molecular weight excluding hydrogens is 512 g/mol. The third kappa shape index (κ3) is 8.80. The molecule has 2 aliphatic heterocycles. The van der Waals surface area contributed by atoms with Gasteiger partial charge in [0.05, 0.1) is 50.4 Å². The van der Waals surface area contributed by atoms with Crippen LogP contribution in [0.2, 0.25) is 0 Å². The van der Waals surface area contributed by atoms with Crippen molar-refractivity contribution in [1.82, 2.24) is 5.32 Å². The first-order valence-electron chi connectivity index (χ1n) is 14.4. The van der Waals surface area contributed by atoms with Crippen molar-refractivity contribution in [3.05, 3.63) is 53.6 Å². The van der Waals surface area contributed by atoms with E-state index in [1.165, 1.54) is 0 Å². The summed E-state index contributed by atoms with van der Waals surface area (Å²) in [6.07, 6.45) is 1.05. The Balaban J connectivity index is 1.45. The van der Waals surface area contributed by atoms with Crippen molar-refractivity contribution in [2.24, 2.45) is 0 Å². The number of rotatable bonds is 16. The molecule has 4 rings (SSSR count). The van der Waals surface area contributed by atoms with Crippen LogP contribution in [0.4, 0.5) is 5.69 Å². The topological polar surface area (TPSA) is 90.9 Å². The Kier molecular flexibility index (Phi) is 12.3. The first-order chi connectivity index (χ1) is 19.6.